The standard InChI is InChI=1S/C24H28I2O4/c25-19(15-27-13-17-7-3-1-4-8-17)21-11-23-24(29-21)12-22(30-23)20(26)16-28-14-18-9-5-2-6-10-18/h1-10,19-24H,11-16H2/t19-,20-,21-,22-,23+,24+/m0/s1. The van der Waals surface area contributed by atoms with Gasteiger partial charge in [0.25, 0.3) is 0 Å². The predicted molar refractivity (Wildman–Crippen MR) is 134 cm³/mol. The van der Waals surface area contributed by atoms with Crippen molar-refractivity contribution in [1.82, 2.24) is 0 Å². The van der Waals surface area contributed by atoms with E-state index in [1.54, 1.807) is 0 Å². The summed E-state index contributed by atoms with van der Waals surface area (Å²) in [6, 6.07) is 20.6. The van der Waals surface area contributed by atoms with Gasteiger partial charge in [-0.2, -0.15) is 0 Å². The van der Waals surface area contributed by atoms with Crippen molar-refractivity contribution in [3.8, 4) is 0 Å². The van der Waals surface area contributed by atoms with Crippen molar-refractivity contribution >= 4 is 45.2 Å². The second kappa shape index (κ2) is 11.6. The lowest BCUT2D eigenvalue weighted by Crippen LogP contribution is -2.30. The summed E-state index contributed by atoms with van der Waals surface area (Å²) < 4.78 is 25.2. The van der Waals surface area contributed by atoms with Gasteiger partial charge in [0.1, 0.15) is 0 Å². The van der Waals surface area contributed by atoms with Crippen molar-refractivity contribution in [2.24, 2.45) is 0 Å². The highest BCUT2D eigenvalue weighted by Gasteiger charge is 2.47. The highest BCUT2D eigenvalue weighted by molar-refractivity contribution is 14.1. The zero-order chi connectivity index (χ0) is 20.8. The van der Waals surface area contributed by atoms with Crippen molar-refractivity contribution in [3.05, 3.63) is 71.8 Å². The third-order valence-corrected chi connectivity index (χ3v) is 7.95. The van der Waals surface area contributed by atoms with E-state index in [2.05, 4.69) is 69.4 Å². The summed E-state index contributed by atoms with van der Waals surface area (Å²) in [6.07, 6.45) is 2.74. The van der Waals surface area contributed by atoms with Gasteiger partial charge in [-0.05, 0) is 11.1 Å². The third-order valence-electron chi connectivity index (χ3n) is 5.63. The van der Waals surface area contributed by atoms with Crippen molar-refractivity contribution in [3.63, 3.8) is 0 Å². The Kier molecular flexibility index (Phi) is 8.83. The van der Waals surface area contributed by atoms with E-state index in [4.69, 9.17) is 18.9 Å². The normalized spacial score (nSPS) is 27.7. The summed E-state index contributed by atoms with van der Waals surface area (Å²) in [4.78, 5) is 0. The molecular weight excluding hydrogens is 606 g/mol. The van der Waals surface area contributed by atoms with Crippen molar-refractivity contribution in [2.45, 2.75) is 58.3 Å². The van der Waals surface area contributed by atoms with Crippen LogP contribution in [0, 0.1) is 0 Å². The molecule has 0 aromatic heterocycles. The molecular formula is C24H28I2O4. The highest BCUT2D eigenvalue weighted by Crippen LogP contribution is 2.39. The zero-order valence-corrected chi connectivity index (χ0v) is 21.2. The second-order valence-electron chi connectivity index (χ2n) is 7.93. The van der Waals surface area contributed by atoms with Crippen LogP contribution in [0.15, 0.2) is 60.7 Å². The van der Waals surface area contributed by atoms with E-state index in [1.807, 2.05) is 36.4 Å². The molecule has 0 amide bonds. The Hall–Kier alpha value is -0.260. The molecule has 0 radical (unpaired) electrons. The average Bonchev–Trinajstić information content (AvgIpc) is 3.35. The lowest BCUT2D eigenvalue weighted by molar-refractivity contribution is 0.0208. The molecule has 2 aromatic carbocycles. The fourth-order valence-electron chi connectivity index (χ4n) is 4.02. The van der Waals surface area contributed by atoms with Gasteiger partial charge in [-0.15, -0.1) is 0 Å². The van der Waals surface area contributed by atoms with Crippen LogP contribution in [0.5, 0.6) is 0 Å². The topological polar surface area (TPSA) is 36.9 Å². The summed E-state index contributed by atoms with van der Waals surface area (Å²) in [7, 11) is 0. The first kappa shape index (κ1) is 22.9. The Morgan fingerprint density at radius 2 is 1.10 bits per heavy atom. The Bertz CT molecular complexity index is 683. The fourth-order valence-corrected chi connectivity index (χ4v) is 5.45. The lowest BCUT2D eigenvalue weighted by Gasteiger charge is -2.22. The van der Waals surface area contributed by atoms with Crippen molar-refractivity contribution in [2.75, 3.05) is 13.2 Å². The molecule has 4 rings (SSSR count). The largest absolute Gasteiger partial charge is 0.376 e. The molecule has 2 aliphatic heterocycles. The van der Waals surface area contributed by atoms with E-state index in [0.29, 0.717) is 34.3 Å². The van der Waals surface area contributed by atoms with E-state index in [0.717, 1.165) is 12.8 Å². The van der Waals surface area contributed by atoms with Crippen LogP contribution in [0.4, 0.5) is 0 Å². The first-order valence-corrected chi connectivity index (χ1v) is 13.0. The molecule has 6 atom stereocenters. The fraction of sp³-hybridized carbons (Fsp3) is 0.500. The van der Waals surface area contributed by atoms with Gasteiger partial charge in [0.2, 0.25) is 0 Å². The van der Waals surface area contributed by atoms with Crippen LogP contribution in [-0.2, 0) is 32.2 Å². The quantitative estimate of drug-likeness (QED) is 0.262. The number of hydrogen-bond acceptors (Lipinski definition) is 4. The summed E-state index contributed by atoms with van der Waals surface area (Å²) in [6.45, 7) is 2.70. The molecule has 0 saturated carbocycles. The van der Waals surface area contributed by atoms with Gasteiger partial charge in [0, 0.05) is 12.8 Å². The predicted octanol–water partition coefficient (Wildman–Crippen LogP) is 5.34. The highest BCUT2D eigenvalue weighted by atomic mass is 127. The number of alkyl halides is 2. The van der Waals surface area contributed by atoms with E-state index in [-0.39, 0.29) is 24.4 Å². The summed E-state index contributed by atoms with van der Waals surface area (Å²) in [5, 5.41) is 0. The van der Waals surface area contributed by atoms with Crippen LogP contribution in [0.2, 0.25) is 0 Å². The molecule has 2 saturated heterocycles. The third kappa shape index (κ3) is 6.38. The van der Waals surface area contributed by atoms with Crippen LogP contribution < -0.4 is 0 Å². The summed E-state index contributed by atoms with van der Waals surface area (Å²) >= 11 is 4.92. The molecule has 0 N–H and O–H groups in total. The Balaban J connectivity index is 1.14. The van der Waals surface area contributed by atoms with E-state index in [1.165, 1.54) is 11.1 Å². The molecule has 4 nitrogen and oxygen atoms in total. The molecule has 0 spiro atoms. The number of halogens is 2. The molecule has 2 heterocycles. The SMILES string of the molecule is I[C@@H](COCc1ccccc1)[C@@H]1C[C@H]2O[C@H]([C@@H](I)COCc3ccccc3)C[C@H]2O1. The molecule has 6 heteroatoms. The summed E-state index contributed by atoms with van der Waals surface area (Å²) in [5.41, 5.74) is 2.41. The second-order valence-corrected chi connectivity index (χ2v) is 11.1. The van der Waals surface area contributed by atoms with Gasteiger partial charge >= 0.3 is 0 Å². The van der Waals surface area contributed by atoms with E-state index >= 15 is 0 Å². The van der Waals surface area contributed by atoms with Crippen molar-refractivity contribution in [1.29, 1.82) is 0 Å². The van der Waals surface area contributed by atoms with Crippen LogP contribution >= 0.6 is 45.2 Å². The number of fused-ring (bicyclic) bond motifs is 1. The lowest BCUT2D eigenvalue weighted by atomic mass is 10.1. The van der Waals surface area contributed by atoms with Gasteiger partial charge in [0.15, 0.2) is 0 Å². The number of rotatable bonds is 10. The molecule has 0 unspecified atom stereocenters. The smallest absolute Gasteiger partial charge is 0.0867 e. The van der Waals surface area contributed by atoms with Gasteiger partial charge in [0.05, 0.1) is 58.7 Å². The molecule has 2 aromatic rings. The monoisotopic (exact) mass is 634 g/mol. The first-order chi connectivity index (χ1) is 14.7. The van der Waals surface area contributed by atoms with Crippen LogP contribution in [0.3, 0.4) is 0 Å². The van der Waals surface area contributed by atoms with Crippen LogP contribution in [-0.4, -0.2) is 45.5 Å². The van der Waals surface area contributed by atoms with E-state index in [9.17, 15) is 0 Å². The van der Waals surface area contributed by atoms with Gasteiger partial charge in [-0.25, -0.2) is 0 Å². The maximum Gasteiger partial charge on any atom is 0.0867 e. The minimum atomic E-state index is 0.206. The first-order valence-electron chi connectivity index (χ1n) is 10.5. The van der Waals surface area contributed by atoms with Crippen LogP contribution in [0.25, 0.3) is 0 Å². The molecule has 30 heavy (non-hydrogen) atoms. The van der Waals surface area contributed by atoms with Gasteiger partial charge < -0.3 is 18.9 Å². The Labute approximate surface area is 206 Å². The molecule has 0 aliphatic carbocycles. The minimum absolute atomic E-state index is 0.206. The van der Waals surface area contributed by atoms with Gasteiger partial charge in [-0.1, -0.05) is 106 Å². The van der Waals surface area contributed by atoms with E-state index < -0.39 is 0 Å². The molecule has 2 aliphatic rings. The Morgan fingerprint density at radius 1 is 0.700 bits per heavy atom. The van der Waals surface area contributed by atoms with Crippen LogP contribution in [0.1, 0.15) is 24.0 Å². The Morgan fingerprint density at radius 3 is 1.50 bits per heavy atom. The maximum absolute atomic E-state index is 6.35. The summed E-state index contributed by atoms with van der Waals surface area (Å²) in [5.74, 6) is 0. The number of hydrogen-bond donors (Lipinski definition) is 0. The molecule has 2 fully saturated rings. The maximum atomic E-state index is 6.35. The number of benzene rings is 2. The van der Waals surface area contributed by atoms with Crippen molar-refractivity contribution < 1.29 is 18.9 Å². The van der Waals surface area contributed by atoms with Gasteiger partial charge in [-0.3, -0.25) is 0 Å². The average molecular weight is 634 g/mol. The number of ether oxygens (including phenoxy) is 4. The molecule has 162 valence electrons. The minimum Gasteiger partial charge on any atom is -0.376 e. The molecule has 0 bridgehead atoms. The zero-order valence-electron chi connectivity index (χ0n) is 16.9.